The average molecular weight is 468 g/mol. The van der Waals surface area contributed by atoms with E-state index >= 15 is 0 Å². The number of morpholine rings is 1. The second kappa shape index (κ2) is 11.1. The van der Waals surface area contributed by atoms with E-state index in [1.807, 2.05) is 0 Å². The number of amides is 2. The quantitative estimate of drug-likeness (QED) is 0.403. The maximum absolute atomic E-state index is 13.6. The Hall–Kier alpha value is -2.22. The van der Waals surface area contributed by atoms with Crippen molar-refractivity contribution in [2.24, 2.45) is 0 Å². The van der Waals surface area contributed by atoms with Crippen LogP contribution in [-0.2, 0) is 17.5 Å². The van der Waals surface area contributed by atoms with E-state index in [1.165, 1.54) is 12.3 Å². The maximum atomic E-state index is 13.6. The van der Waals surface area contributed by atoms with E-state index in [9.17, 15) is 18.0 Å². The smallest absolute Gasteiger partial charge is 0.379 e. The van der Waals surface area contributed by atoms with Crippen molar-refractivity contribution in [2.75, 3.05) is 51.3 Å². The van der Waals surface area contributed by atoms with Crippen LogP contribution in [0.4, 0.5) is 23.8 Å². The Balaban J connectivity index is 1.74. The molecule has 0 aliphatic carbocycles. The van der Waals surface area contributed by atoms with Crippen molar-refractivity contribution >= 4 is 36.5 Å². The van der Waals surface area contributed by atoms with Crippen LogP contribution in [0.3, 0.4) is 0 Å². The Morgan fingerprint density at radius 2 is 2.09 bits per heavy atom. The Labute approximate surface area is 189 Å². The van der Waals surface area contributed by atoms with Crippen molar-refractivity contribution in [3.63, 3.8) is 0 Å². The van der Waals surface area contributed by atoms with Crippen molar-refractivity contribution in [3.8, 4) is 10.6 Å². The molecule has 2 aromatic heterocycles. The molecule has 1 aliphatic rings. The van der Waals surface area contributed by atoms with Crippen molar-refractivity contribution in [3.05, 3.63) is 22.8 Å². The third-order valence-electron chi connectivity index (χ3n) is 4.70. The minimum absolute atomic E-state index is 0.0336. The predicted octanol–water partition coefficient (Wildman–Crippen LogP) is 1.58. The lowest BCUT2D eigenvalue weighted by molar-refractivity contribution is -0.141. The highest BCUT2D eigenvalue weighted by Gasteiger charge is 2.37. The van der Waals surface area contributed by atoms with Crippen LogP contribution < -0.4 is 21.4 Å². The van der Waals surface area contributed by atoms with Crippen LogP contribution in [0.15, 0.2) is 12.3 Å². The van der Waals surface area contributed by atoms with Gasteiger partial charge in [0.25, 0.3) is 0 Å². The van der Waals surface area contributed by atoms with Crippen molar-refractivity contribution in [1.82, 2.24) is 25.5 Å². The first-order valence-electron chi connectivity index (χ1n) is 10.2. The monoisotopic (exact) mass is 468 g/mol. The van der Waals surface area contributed by atoms with E-state index in [-0.39, 0.29) is 33.3 Å². The molecule has 172 valence electrons. The van der Waals surface area contributed by atoms with Gasteiger partial charge >= 0.3 is 12.2 Å². The number of ether oxygens (including phenoxy) is 1. The molecule has 0 aromatic carbocycles. The summed E-state index contributed by atoms with van der Waals surface area (Å²) in [5.74, 6) is 0.161. The van der Waals surface area contributed by atoms with Crippen LogP contribution in [0.5, 0.6) is 0 Å². The molecule has 1 saturated heterocycles. The molecule has 13 heteroatoms. The number of halogens is 3. The van der Waals surface area contributed by atoms with Gasteiger partial charge in [-0.2, -0.15) is 13.2 Å². The summed E-state index contributed by atoms with van der Waals surface area (Å²) in [6, 6.07) is 0.940. The lowest BCUT2D eigenvalue weighted by Crippen LogP contribution is -2.40. The Kier molecular flexibility index (Phi) is 8.46. The minimum Gasteiger partial charge on any atom is -0.379 e. The zero-order valence-electron chi connectivity index (χ0n) is 17.6. The molecule has 2 aromatic rings. The number of pyridine rings is 1. The molecule has 3 heterocycles. The second-order valence-corrected chi connectivity index (χ2v) is 8.14. The first kappa shape index (κ1) is 24.4. The van der Waals surface area contributed by atoms with Gasteiger partial charge in [-0.15, -0.1) is 11.3 Å². The van der Waals surface area contributed by atoms with Gasteiger partial charge in [0.1, 0.15) is 18.7 Å². The zero-order chi connectivity index (χ0) is 23.1. The summed E-state index contributed by atoms with van der Waals surface area (Å²) < 4.78 is 46.1. The summed E-state index contributed by atoms with van der Waals surface area (Å²) in [4.78, 5) is 21.8. The summed E-state index contributed by atoms with van der Waals surface area (Å²) in [5.41, 5.74) is -0.492. The van der Waals surface area contributed by atoms with Gasteiger partial charge in [-0.3, -0.25) is 10.2 Å². The number of carbonyl (C=O) groups is 1. The molecule has 0 bridgehead atoms. The molecule has 0 atom stereocenters. The second-order valence-electron chi connectivity index (χ2n) is 7.06. The maximum Gasteiger partial charge on any atom is 0.434 e. The lowest BCUT2D eigenvalue weighted by atomic mass is 9.93. The first-order chi connectivity index (χ1) is 15.3. The number of rotatable bonds is 8. The van der Waals surface area contributed by atoms with Crippen LogP contribution in [0.1, 0.15) is 17.5 Å². The zero-order valence-corrected chi connectivity index (χ0v) is 18.4. The minimum atomic E-state index is -4.60. The van der Waals surface area contributed by atoms with Crippen molar-refractivity contribution in [2.45, 2.75) is 19.6 Å². The van der Waals surface area contributed by atoms with Gasteiger partial charge in [0.15, 0.2) is 5.69 Å². The van der Waals surface area contributed by atoms with Gasteiger partial charge in [-0.05, 0) is 13.0 Å². The van der Waals surface area contributed by atoms with E-state index in [2.05, 4.69) is 30.8 Å². The normalized spacial score (nSPS) is 15.0. The fourth-order valence-corrected chi connectivity index (χ4v) is 4.20. The number of thiazole rings is 1. The fraction of sp³-hybridized carbons (Fsp3) is 0.526. The van der Waals surface area contributed by atoms with Crippen LogP contribution in [0.2, 0.25) is 0 Å². The van der Waals surface area contributed by atoms with Gasteiger partial charge in [-0.25, -0.2) is 14.8 Å². The Morgan fingerprint density at radius 1 is 1.34 bits per heavy atom. The number of hydrogen-bond donors (Lipinski definition) is 3. The standard InChI is InChI=1S/C19H24BF3N6O2S/c1-2-25-18(30)27-15-9-12(13(20)10-26-15)17-28-16(19(21,22)23)14(32-17)11-24-3-4-29-5-7-31-8-6-29/h9-10,24H,2-8,11H2,1H3,(H2,25,26,27,30). The number of aromatic nitrogens is 2. The Morgan fingerprint density at radius 3 is 2.78 bits per heavy atom. The number of anilines is 1. The van der Waals surface area contributed by atoms with E-state index in [0.717, 1.165) is 31.0 Å². The number of nitrogens with zero attached hydrogens (tertiary/aromatic N) is 3. The highest BCUT2D eigenvalue weighted by atomic mass is 32.1. The molecule has 3 rings (SSSR count). The molecule has 8 nitrogen and oxygen atoms in total. The number of hydrogen-bond acceptors (Lipinski definition) is 7. The lowest BCUT2D eigenvalue weighted by Gasteiger charge is -2.26. The molecule has 0 saturated carbocycles. The van der Waals surface area contributed by atoms with E-state index < -0.39 is 17.9 Å². The highest BCUT2D eigenvalue weighted by molar-refractivity contribution is 7.15. The van der Waals surface area contributed by atoms with Crippen molar-refractivity contribution in [1.29, 1.82) is 0 Å². The Bertz CT molecular complexity index is 921. The third kappa shape index (κ3) is 6.64. The molecule has 32 heavy (non-hydrogen) atoms. The van der Waals surface area contributed by atoms with Crippen LogP contribution in [0.25, 0.3) is 10.6 Å². The van der Waals surface area contributed by atoms with Crippen LogP contribution in [-0.4, -0.2) is 74.7 Å². The number of carbonyl (C=O) groups excluding carboxylic acids is 1. The van der Waals surface area contributed by atoms with Gasteiger partial charge in [-0.1, -0.05) is 5.46 Å². The van der Waals surface area contributed by atoms with Crippen LogP contribution in [0, 0.1) is 0 Å². The summed E-state index contributed by atoms with van der Waals surface area (Å²) in [6.07, 6.45) is -3.31. The molecule has 2 radical (unpaired) electrons. The molecule has 3 N–H and O–H groups in total. The summed E-state index contributed by atoms with van der Waals surface area (Å²) in [6.45, 7) is 6.43. The molecular formula is C19H24BF3N6O2S. The van der Waals surface area contributed by atoms with Crippen LogP contribution >= 0.6 is 11.3 Å². The van der Waals surface area contributed by atoms with E-state index in [0.29, 0.717) is 26.3 Å². The fourth-order valence-electron chi connectivity index (χ4n) is 3.11. The van der Waals surface area contributed by atoms with E-state index in [4.69, 9.17) is 12.6 Å². The predicted molar refractivity (Wildman–Crippen MR) is 117 cm³/mol. The molecular weight excluding hydrogens is 444 g/mol. The van der Waals surface area contributed by atoms with E-state index in [1.54, 1.807) is 6.92 Å². The first-order valence-corrected chi connectivity index (χ1v) is 11.0. The molecule has 0 spiro atoms. The molecule has 0 unspecified atom stereocenters. The molecule has 2 amide bonds. The topological polar surface area (TPSA) is 91.4 Å². The molecule has 1 fully saturated rings. The van der Waals surface area contributed by atoms with Crippen molar-refractivity contribution < 1.29 is 22.7 Å². The SMILES string of the molecule is [B]c1cnc(NC(=O)NCC)cc1-c1nc(C(F)(F)F)c(CNCCN2CCOCC2)s1. The molecule has 1 aliphatic heterocycles. The van der Waals surface area contributed by atoms with Gasteiger partial charge in [0, 0.05) is 51.0 Å². The third-order valence-corrected chi connectivity index (χ3v) is 5.79. The summed E-state index contributed by atoms with van der Waals surface area (Å²) in [7, 11) is 5.95. The average Bonchev–Trinajstić information content (AvgIpc) is 3.18. The highest BCUT2D eigenvalue weighted by Crippen LogP contribution is 2.37. The largest absolute Gasteiger partial charge is 0.434 e. The summed E-state index contributed by atoms with van der Waals surface area (Å²) >= 11 is 0.914. The van der Waals surface area contributed by atoms with Gasteiger partial charge in [0.05, 0.1) is 18.1 Å². The van der Waals surface area contributed by atoms with Gasteiger partial charge < -0.3 is 15.4 Å². The summed E-state index contributed by atoms with van der Waals surface area (Å²) in [5, 5.41) is 8.25. The number of alkyl halides is 3. The number of urea groups is 1. The van der Waals surface area contributed by atoms with Gasteiger partial charge in [0.2, 0.25) is 0 Å². The number of nitrogens with one attached hydrogen (secondary N) is 3.